The summed E-state index contributed by atoms with van der Waals surface area (Å²) in [5, 5.41) is 10.3. The van der Waals surface area contributed by atoms with Crippen molar-refractivity contribution in [3.8, 4) is 0 Å². The van der Waals surface area contributed by atoms with E-state index in [0.29, 0.717) is 22.9 Å². The maximum Gasteiger partial charge on any atom is 0.336 e. The van der Waals surface area contributed by atoms with Crippen LogP contribution < -0.4 is 5.63 Å². The molecule has 4 aromatic rings. The van der Waals surface area contributed by atoms with Crippen molar-refractivity contribution in [2.45, 2.75) is 24.4 Å². The number of nitrogens with zero attached hydrogens (tertiary/aromatic N) is 3. The van der Waals surface area contributed by atoms with E-state index < -0.39 is 0 Å². The van der Waals surface area contributed by atoms with E-state index in [-0.39, 0.29) is 5.63 Å². The second-order valence-electron chi connectivity index (χ2n) is 5.80. The number of benzene rings is 1. The molecule has 132 valence electrons. The third-order valence-electron chi connectivity index (χ3n) is 3.95. The zero-order valence-corrected chi connectivity index (χ0v) is 15.4. The van der Waals surface area contributed by atoms with Crippen molar-refractivity contribution in [2.75, 3.05) is 0 Å². The van der Waals surface area contributed by atoms with Gasteiger partial charge in [-0.3, -0.25) is 0 Å². The van der Waals surface area contributed by atoms with Gasteiger partial charge in [-0.15, -0.1) is 10.2 Å². The average Bonchev–Trinajstić information content (AvgIpc) is 3.27. The van der Waals surface area contributed by atoms with Gasteiger partial charge < -0.3 is 13.4 Å². The zero-order valence-electron chi connectivity index (χ0n) is 13.8. The average molecular weight is 388 g/mol. The van der Waals surface area contributed by atoms with Crippen LogP contribution in [0.4, 0.5) is 0 Å². The highest BCUT2D eigenvalue weighted by Crippen LogP contribution is 2.29. The lowest BCUT2D eigenvalue weighted by molar-refractivity contribution is 0.484. The van der Waals surface area contributed by atoms with E-state index in [1.54, 1.807) is 18.7 Å². The molecule has 0 saturated carbocycles. The summed E-state index contributed by atoms with van der Waals surface area (Å²) in [6.45, 7) is 2.42. The van der Waals surface area contributed by atoms with Crippen LogP contribution in [0.15, 0.2) is 61.7 Å². The molecular weight excluding hydrogens is 374 g/mol. The third-order valence-corrected chi connectivity index (χ3v) is 5.39. The van der Waals surface area contributed by atoms with Crippen LogP contribution in [0.3, 0.4) is 0 Å². The number of hydrogen-bond donors (Lipinski definition) is 0. The van der Waals surface area contributed by atoms with Gasteiger partial charge in [-0.1, -0.05) is 23.4 Å². The molecule has 0 aliphatic rings. The van der Waals surface area contributed by atoms with Crippen LogP contribution in [-0.2, 0) is 12.3 Å². The SMILES string of the molecule is Cc1cc2oc(=O)cc(CSc3nncn3Cc3ccco3)c2cc1Cl. The maximum atomic E-state index is 11.9. The molecular formula is C18H14ClN3O3S. The largest absolute Gasteiger partial charge is 0.467 e. The van der Waals surface area contributed by atoms with Crippen LogP contribution in [0.5, 0.6) is 0 Å². The summed E-state index contributed by atoms with van der Waals surface area (Å²) in [4.78, 5) is 11.9. The molecule has 1 aromatic carbocycles. The van der Waals surface area contributed by atoms with E-state index >= 15 is 0 Å². The van der Waals surface area contributed by atoms with E-state index in [2.05, 4.69) is 10.2 Å². The Hall–Kier alpha value is -2.51. The molecule has 0 atom stereocenters. The number of aromatic nitrogens is 3. The third kappa shape index (κ3) is 3.40. The first-order chi connectivity index (χ1) is 12.6. The molecule has 0 fully saturated rings. The summed E-state index contributed by atoms with van der Waals surface area (Å²) < 4.78 is 12.6. The second-order valence-corrected chi connectivity index (χ2v) is 7.15. The molecule has 3 heterocycles. The Bertz CT molecular complexity index is 1120. The molecule has 0 radical (unpaired) electrons. The molecule has 0 aliphatic heterocycles. The summed E-state index contributed by atoms with van der Waals surface area (Å²) >= 11 is 7.73. The maximum absolute atomic E-state index is 11.9. The molecule has 0 N–H and O–H groups in total. The van der Waals surface area contributed by atoms with Gasteiger partial charge in [-0.2, -0.15) is 0 Å². The molecule has 3 aromatic heterocycles. The van der Waals surface area contributed by atoms with Crippen molar-refractivity contribution < 1.29 is 8.83 Å². The standard InChI is InChI=1S/C18H14ClN3O3S/c1-11-5-16-14(7-15(11)19)12(6-17(23)25-16)9-26-18-21-20-10-22(18)8-13-3-2-4-24-13/h2-7,10H,8-9H2,1H3. The van der Waals surface area contributed by atoms with Crippen LogP contribution in [0, 0.1) is 6.92 Å². The van der Waals surface area contributed by atoms with E-state index in [0.717, 1.165) is 27.4 Å². The van der Waals surface area contributed by atoms with Crippen molar-refractivity contribution >= 4 is 34.3 Å². The van der Waals surface area contributed by atoms with Crippen molar-refractivity contribution in [2.24, 2.45) is 0 Å². The Balaban J connectivity index is 1.62. The first-order valence-corrected chi connectivity index (χ1v) is 9.22. The lowest BCUT2D eigenvalue weighted by Gasteiger charge is -2.08. The van der Waals surface area contributed by atoms with Crippen molar-refractivity contribution in [1.82, 2.24) is 14.8 Å². The van der Waals surface area contributed by atoms with Crippen LogP contribution in [0.2, 0.25) is 5.02 Å². The van der Waals surface area contributed by atoms with Crippen LogP contribution in [-0.4, -0.2) is 14.8 Å². The van der Waals surface area contributed by atoms with Crippen molar-refractivity contribution in [3.05, 3.63) is 75.3 Å². The van der Waals surface area contributed by atoms with Crippen LogP contribution >= 0.6 is 23.4 Å². The van der Waals surface area contributed by atoms with E-state index in [1.165, 1.54) is 17.8 Å². The van der Waals surface area contributed by atoms with Gasteiger partial charge in [0.15, 0.2) is 5.16 Å². The highest BCUT2D eigenvalue weighted by Gasteiger charge is 2.12. The number of halogens is 1. The summed E-state index contributed by atoms with van der Waals surface area (Å²) in [7, 11) is 0. The van der Waals surface area contributed by atoms with E-state index in [1.807, 2.05) is 29.7 Å². The van der Waals surface area contributed by atoms with Gasteiger partial charge in [-0.25, -0.2) is 4.79 Å². The van der Waals surface area contributed by atoms with Gasteiger partial charge in [0.1, 0.15) is 17.7 Å². The second kappa shape index (κ2) is 7.01. The first kappa shape index (κ1) is 16.9. The molecule has 0 saturated heterocycles. The fourth-order valence-electron chi connectivity index (χ4n) is 2.65. The summed E-state index contributed by atoms with van der Waals surface area (Å²) in [6.07, 6.45) is 3.29. The highest BCUT2D eigenvalue weighted by atomic mass is 35.5. The Morgan fingerprint density at radius 2 is 2.19 bits per heavy atom. The fraction of sp³-hybridized carbons (Fsp3) is 0.167. The van der Waals surface area contributed by atoms with Crippen molar-refractivity contribution in [3.63, 3.8) is 0 Å². The predicted octanol–water partition coefficient (Wildman–Crippen LogP) is 4.28. The quantitative estimate of drug-likeness (QED) is 0.376. The van der Waals surface area contributed by atoms with Crippen LogP contribution in [0.1, 0.15) is 16.9 Å². The minimum Gasteiger partial charge on any atom is -0.467 e. The predicted molar refractivity (Wildman–Crippen MR) is 99.6 cm³/mol. The normalized spacial score (nSPS) is 11.3. The molecule has 0 bridgehead atoms. The molecule has 8 heteroatoms. The Kier molecular flexibility index (Phi) is 4.57. The number of rotatable bonds is 5. The van der Waals surface area contributed by atoms with Gasteiger partial charge in [0.25, 0.3) is 0 Å². The Morgan fingerprint density at radius 3 is 3.00 bits per heavy atom. The highest BCUT2D eigenvalue weighted by molar-refractivity contribution is 7.98. The monoisotopic (exact) mass is 387 g/mol. The minimum absolute atomic E-state index is 0.383. The molecule has 0 spiro atoms. The van der Waals surface area contributed by atoms with Crippen molar-refractivity contribution in [1.29, 1.82) is 0 Å². The van der Waals surface area contributed by atoms with Gasteiger partial charge >= 0.3 is 5.63 Å². The number of aryl methyl sites for hydroxylation is 1. The topological polar surface area (TPSA) is 74.1 Å². The smallest absolute Gasteiger partial charge is 0.336 e. The van der Waals surface area contributed by atoms with Gasteiger partial charge in [0, 0.05) is 22.2 Å². The van der Waals surface area contributed by atoms with Gasteiger partial charge in [0.05, 0.1) is 12.8 Å². The molecule has 0 unspecified atom stereocenters. The summed E-state index contributed by atoms with van der Waals surface area (Å²) in [5.74, 6) is 1.36. The van der Waals surface area contributed by atoms with Crippen LogP contribution in [0.25, 0.3) is 11.0 Å². The number of thioether (sulfide) groups is 1. The lowest BCUT2D eigenvalue weighted by atomic mass is 10.1. The lowest BCUT2D eigenvalue weighted by Crippen LogP contribution is -2.02. The van der Waals surface area contributed by atoms with E-state index in [4.69, 9.17) is 20.4 Å². The summed E-state index contributed by atoms with van der Waals surface area (Å²) in [6, 6.07) is 8.85. The zero-order chi connectivity index (χ0) is 18.1. The molecule has 0 amide bonds. The minimum atomic E-state index is -0.383. The number of hydrogen-bond acceptors (Lipinski definition) is 6. The van der Waals surface area contributed by atoms with E-state index in [9.17, 15) is 4.79 Å². The van der Waals surface area contributed by atoms with Gasteiger partial charge in [-0.05, 0) is 42.3 Å². The molecule has 6 nitrogen and oxygen atoms in total. The fourth-order valence-corrected chi connectivity index (χ4v) is 3.71. The Labute approximate surface area is 157 Å². The molecule has 26 heavy (non-hydrogen) atoms. The number of furan rings is 1. The molecule has 4 rings (SSSR count). The summed E-state index contributed by atoms with van der Waals surface area (Å²) in [5.41, 5.74) is 1.86. The van der Waals surface area contributed by atoms with Gasteiger partial charge in [0.2, 0.25) is 0 Å². The number of fused-ring (bicyclic) bond motifs is 1. The molecule has 0 aliphatic carbocycles. The Morgan fingerprint density at radius 1 is 1.31 bits per heavy atom. The first-order valence-electron chi connectivity index (χ1n) is 7.86.